The smallest absolute Gasteiger partial charge is 0.131 e. The molecule has 92 valence electrons. The molecule has 1 aromatic heterocycles. The second-order valence-corrected chi connectivity index (χ2v) is 5.50. The summed E-state index contributed by atoms with van der Waals surface area (Å²) in [5, 5.41) is 3.17. The van der Waals surface area contributed by atoms with E-state index in [1.54, 1.807) is 0 Å². The van der Waals surface area contributed by atoms with Crippen LogP contribution in [0, 0.1) is 12.8 Å². The molecule has 3 nitrogen and oxygen atoms in total. The molecule has 3 rings (SSSR count). The number of nitrogens with one attached hydrogen (secondary N) is 1. The zero-order chi connectivity index (χ0) is 11.8. The van der Waals surface area contributed by atoms with Crippen LogP contribution in [0.15, 0.2) is 12.3 Å². The van der Waals surface area contributed by atoms with Crippen molar-refractivity contribution < 1.29 is 0 Å². The third-order valence-electron chi connectivity index (χ3n) is 4.17. The minimum absolute atomic E-state index is 0.765. The first-order chi connectivity index (χ1) is 8.28. The van der Waals surface area contributed by atoms with E-state index in [1.165, 1.54) is 42.8 Å². The van der Waals surface area contributed by atoms with Gasteiger partial charge in [-0.2, -0.15) is 0 Å². The van der Waals surface area contributed by atoms with E-state index in [0.29, 0.717) is 0 Å². The molecule has 17 heavy (non-hydrogen) atoms. The maximum atomic E-state index is 4.68. The highest BCUT2D eigenvalue weighted by Gasteiger charge is 2.38. The summed E-state index contributed by atoms with van der Waals surface area (Å²) in [7, 11) is 1.97. The van der Waals surface area contributed by atoms with E-state index in [-0.39, 0.29) is 0 Å². The van der Waals surface area contributed by atoms with Crippen LogP contribution >= 0.6 is 0 Å². The number of nitrogens with zero attached hydrogens (tertiary/aromatic N) is 2. The molecule has 2 aliphatic rings. The Bertz CT molecular complexity index is 416. The first kappa shape index (κ1) is 11.0. The van der Waals surface area contributed by atoms with Crippen LogP contribution < -0.4 is 10.2 Å². The fraction of sp³-hybridized carbons (Fsp3) is 0.643. The Labute approximate surface area is 103 Å². The molecular formula is C14H21N3. The monoisotopic (exact) mass is 231 g/mol. The van der Waals surface area contributed by atoms with Crippen LogP contribution in [-0.2, 0) is 6.54 Å². The number of aromatic nitrogens is 1. The van der Waals surface area contributed by atoms with Gasteiger partial charge in [-0.1, -0.05) is 0 Å². The number of rotatable bonds is 3. The molecule has 1 N–H and O–H groups in total. The molecule has 3 heteroatoms. The minimum Gasteiger partial charge on any atom is -0.353 e. The molecule has 2 atom stereocenters. The molecule has 0 aromatic carbocycles. The van der Waals surface area contributed by atoms with E-state index >= 15 is 0 Å². The van der Waals surface area contributed by atoms with Crippen LogP contribution in [0.25, 0.3) is 0 Å². The highest BCUT2D eigenvalue weighted by atomic mass is 15.2. The Morgan fingerprint density at radius 3 is 2.94 bits per heavy atom. The van der Waals surface area contributed by atoms with Gasteiger partial charge in [0.05, 0.1) is 0 Å². The fourth-order valence-electron chi connectivity index (χ4n) is 3.41. The summed E-state index contributed by atoms with van der Waals surface area (Å²) >= 11 is 0. The Morgan fingerprint density at radius 1 is 1.47 bits per heavy atom. The second-order valence-electron chi connectivity index (χ2n) is 5.50. The molecule has 2 fully saturated rings. The van der Waals surface area contributed by atoms with Crippen LogP contribution in [0.4, 0.5) is 5.82 Å². The topological polar surface area (TPSA) is 28.2 Å². The first-order valence-corrected chi connectivity index (χ1v) is 6.64. The largest absolute Gasteiger partial charge is 0.353 e. The second kappa shape index (κ2) is 4.30. The maximum absolute atomic E-state index is 4.68. The Hall–Kier alpha value is -1.09. The van der Waals surface area contributed by atoms with Crippen LogP contribution in [0.1, 0.15) is 30.4 Å². The van der Waals surface area contributed by atoms with Gasteiger partial charge in [0.15, 0.2) is 0 Å². The fourth-order valence-corrected chi connectivity index (χ4v) is 3.41. The lowest BCUT2D eigenvalue weighted by atomic mass is 10.1. The zero-order valence-electron chi connectivity index (χ0n) is 10.7. The van der Waals surface area contributed by atoms with Crippen molar-refractivity contribution in [2.75, 3.05) is 18.5 Å². The average molecular weight is 231 g/mol. The third kappa shape index (κ3) is 1.93. The Morgan fingerprint density at radius 2 is 2.35 bits per heavy atom. The van der Waals surface area contributed by atoms with Gasteiger partial charge in [0, 0.05) is 25.3 Å². The summed E-state index contributed by atoms with van der Waals surface area (Å²) in [6, 6.07) is 3.03. The van der Waals surface area contributed by atoms with Crippen molar-refractivity contribution in [2.24, 2.45) is 5.92 Å². The molecule has 1 aromatic rings. The quantitative estimate of drug-likeness (QED) is 0.863. The molecule has 1 aliphatic carbocycles. The van der Waals surface area contributed by atoms with Crippen LogP contribution in [0.5, 0.6) is 0 Å². The summed E-state index contributed by atoms with van der Waals surface area (Å²) in [6.45, 7) is 4.32. The lowest BCUT2D eigenvalue weighted by Gasteiger charge is -2.29. The molecule has 2 bridgehead atoms. The van der Waals surface area contributed by atoms with Gasteiger partial charge in [-0.05, 0) is 56.3 Å². The van der Waals surface area contributed by atoms with Crippen molar-refractivity contribution in [3.8, 4) is 0 Å². The number of hydrogen-bond donors (Lipinski definition) is 1. The Kier molecular flexibility index (Phi) is 2.79. The molecular weight excluding hydrogens is 210 g/mol. The standard InChI is InChI=1S/C14H21N3/c1-10-5-12(7-15-2)8-16-14(10)17-9-11-3-4-13(17)6-11/h5,8,11,13,15H,3-4,6-7,9H2,1-2H3. The van der Waals surface area contributed by atoms with Gasteiger partial charge in [-0.3, -0.25) is 0 Å². The normalized spacial score (nSPS) is 26.8. The van der Waals surface area contributed by atoms with Gasteiger partial charge in [0.25, 0.3) is 0 Å². The number of pyridine rings is 1. The van der Waals surface area contributed by atoms with Gasteiger partial charge in [-0.25, -0.2) is 4.98 Å². The van der Waals surface area contributed by atoms with Gasteiger partial charge in [0.1, 0.15) is 5.82 Å². The Balaban J connectivity index is 1.83. The number of anilines is 1. The van der Waals surface area contributed by atoms with Crippen molar-refractivity contribution in [1.29, 1.82) is 0 Å². The molecule has 1 saturated heterocycles. The highest BCUT2D eigenvalue weighted by molar-refractivity contribution is 5.50. The maximum Gasteiger partial charge on any atom is 0.131 e. The molecule has 0 radical (unpaired) electrons. The van der Waals surface area contributed by atoms with Crippen molar-refractivity contribution in [3.05, 3.63) is 23.4 Å². The van der Waals surface area contributed by atoms with Crippen LogP contribution in [-0.4, -0.2) is 24.6 Å². The summed E-state index contributed by atoms with van der Waals surface area (Å²) in [5.74, 6) is 2.15. The average Bonchev–Trinajstić information content (AvgIpc) is 2.91. The summed E-state index contributed by atoms with van der Waals surface area (Å²) in [6.07, 6.45) is 6.20. The zero-order valence-corrected chi connectivity index (χ0v) is 10.7. The van der Waals surface area contributed by atoms with Crippen molar-refractivity contribution in [3.63, 3.8) is 0 Å². The first-order valence-electron chi connectivity index (χ1n) is 6.64. The predicted octanol–water partition coefficient (Wildman–Crippen LogP) is 2.10. The van der Waals surface area contributed by atoms with Crippen LogP contribution in [0.2, 0.25) is 0 Å². The molecule has 0 amide bonds. The highest BCUT2D eigenvalue weighted by Crippen LogP contribution is 2.40. The van der Waals surface area contributed by atoms with Crippen LogP contribution in [0.3, 0.4) is 0 Å². The molecule has 0 spiro atoms. The summed E-state index contributed by atoms with van der Waals surface area (Å²) in [5.41, 5.74) is 2.60. The predicted molar refractivity (Wildman–Crippen MR) is 70.2 cm³/mol. The number of fused-ring (bicyclic) bond motifs is 2. The van der Waals surface area contributed by atoms with Crippen molar-refractivity contribution >= 4 is 5.82 Å². The van der Waals surface area contributed by atoms with Gasteiger partial charge < -0.3 is 10.2 Å². The SMILES string of the molecule is CNCc1cnc(N2CC3CCC2C3)c(C)c1. The lowest BCUT2D eigenvalue weighted by Crippen LogP contribution is -2.33. The lowest BCUT2D eigenvalue weighted by molar-refractivity contribution is 0.549. The van der Waals surface area contributed by atoms with E-state index in [4.69, 9.17) is 0 Å². The molecule has 1 saturated carbocycles. The van der Waals surface area contributed by atoms with Crippen molar-refractivity contribution in [2.45, 2.75) is 38.8 Å². The van der Waals surface area contributed by atoms with E-state index in [2.05, 4.69) is 28.2 Å². The summed E-state index contributed by atoms with van der Waals surface area (Å²) < 4.78 is 0. The molecule has 2 unspecified atom stereocenters. The molecule has 1 aliphatic heterocycles. The van der Waals surface area contributed by atoms with Gasteiger partial charge in [-0.15, -0.1) is 0 Å². The minimum atomic E-state index is 0.765. The third-order valence-corrected chi connectivity index (χ3v) is 4.17. The number of hydrogen-bond acceptors (Lipinski definition) is 3. The van der Waals surface area contributed by atoms with E-state index in [1.807, 2.05) is 13.2 Å². The van der Waals surface area contributed by atoms with E-state index in [0.717, 1.165) is 18.5 Å². The number of piperidine rings is 1. The van der Waals surface area contributed by atoms with E-state index < -0.39 is 0 Å². The van der Waals surface area contributed by atoms with E-state index in [9.17, 15) is 0 Å². The van der Waals surface area contributed by atoms with Gasteiger partial charge in [0.2, 0.25) is 0 Å². The molecule has 2 heterocycles. The van der Waals surface area contributed by atoms with Gasteiger partial charge >= 0.3 is 0 Å². The van der Waals surface area contributed by atoms with Crippen molar-refractivity contribution in [1.82, 2.24) is 10.3 Å². The summed E-state index contributed by atoms with van der Waals surface area (Å²) in [4.78, 5) is 7.22. The number of aryl methyl sites for hydroxylation is 1.